The van der Waals surface area contributed by atoms with Crippen molar-refractivity contribution in [1.82, 2.24) is 4.72 Å². The van der Waals surface area contributed by atoms with Crippen LogP contribution in [0.3, 0.4) is 0 Å². The maximum atomic E-state index is 12.4. The van der Waals surface area contributed by atoms with Gasteiger partial charge in [0.25, 0.3) is 11.6 Å². The van der Waals surface area contributed by atoms with Gasteiger partial charge in [0.1, 0.15) is 0 Å². The third-order valence-corrected chi connectivity index (χ3v) is 6.46. The molecule has 1 saturated heterocycles. The summed E-state index contributed by atoms with van der Waals surface area (Å²) in [5.74, 6) is -1.62. The van der Waals surface area contributed by atoms with Crippen molar-refractivity contribution in [2.75, 3.05) is 25.1 Å². The number of rotatable bonds is 9. The Balaban J connectivity index is 1.53. The minimum atomic E-state index is -3.77. The van der Waals surface area contributed by atoms with Gasteiger partial charge in [-0.25, -0.2) is 17.9 Å². The number of halogens is 1. The Bertz CT molecular complexity index is 1150. The molecular formula is C20H20ClN3O8S. The maximum Gasteiger partial charge on any atom is 0.338 e. The molecule has 2 aromatic carbocycles. The van der Waals surface area contributed by atoms with Gasteiger partial charge in [0.05, 0.1) is 32.2 Å². The van der Waals surface area contributed by atoms with Crippen LogP contribution in [0.15, 0.2) is 47.4 Å². The number of hydrogen-bond acceptors (Lipinski definition) is 8. The van der Waals surface area contributed by atoms with Crippen LogP contribution in [0.5, 0.6) is 0 Å². The third-order valence-electron chi connectivity index (χ3n) is 4.69. The van der Waals surface area contributed by atoms with Crippen molar-refractivity contribution < 1.29 is 32.4 Å². The van der Waals surface area contributed by atoms with Crippen LogP contribution < -0.4 is 10.0 Å². The number of non-ortho nitro benzene ring substituents is 1. The molecule has 0 saturated carbocycles. The number of carbonyl (C=O) groups is 2. The summed E-state index contributed by atoms with van der Waals surface area (Å²) in [5, 5.41) is 13.2. The van der Waals surface area contributed by atoms with E-state index in [1.165, 1.54) is 36.4 Å². The van der Waals surface area contributed by atoms with Crippen LogP contribution in [0, 0.1) is 10.1 Å². The molecule has 13 heteroatoms. The SMILES string of the molecule is O=C(COC(=O)c1ccc(S(=O)(=O)NCC2CCCO2)cc1)Nc1cc([N+](=O)[O-])ccc1Cl. The van der Waals surface area contributed by atoms with E-state index >= 15 is 0 Å². The second-order valence-electron chi connectivity index (χ2n) is 7.06. The monoisotopic (exact) mass is 497 g/mol. The zero-order valence-corrected chi connectivity index (χ0v) is 18.7. The van der Waals surface area contributed by atoms with E-state index in [1.807, 2.05) is 0 Å². The first-order chi connectivity index (χ1) is 15.7. The summed E-state index contributed by atoms with van der Waals surface area (Å²) >= 11 is 5.91. The number of carbonyl (C=O) groups excluding carboxylic acids is 2. The first-order valence-corrected chi connectivity index (χ1v) is 11.6. The summed E-state index contributed by atoms with van der Waals surface area (Å²) in [6.45, 7) is 0.0935. The van der Waals surface area contributed by atoms with Crippen LogP contribution >= 0.6 is 11.6 Å². The quantitative estimate of drug-likeness (QED) is 0.304. The van der Waals surface area contributed by atoms with E-state index in [-0.39, 0.29) is 39.5 Å². The molecule has 1 aliphatic rings. The zero-order valence-electron chi connectivity index (χ0n) is 17.2. The average Bonchev–Trinajstić information content (AvgIpc) is 3.31. The van der Waals surface area contributed by atoms with Gasteiger partial charge in [-0.2, -0.15) is 0 Å². The van der Waals surface area contributed by atoms with E-state index in [4.69, 9.17) is 21.1 Å². The smallest absolute Gasteiger partial charge is 0.338 e. The van der Waals surface area contributed by atoms with Crippen molar-refractivity contribution in [2.24, 2.45) is 0 Å². The Labute approximate surface area is 194 Å². The molecule has 0 radical (unpaired) electrons. The van der Waals surface area contributed by atoms with Crippen molar-refractivity contribution in [3.63, 3.8) is 0 Å². The number of amides is 1. The molecule has 1 aliphatic heterocycles. The first kappa shape index (κ1) is 24.6. The minimum absolute atomic E-state index is 0.00280. The number of ether oxygens (including phenoxy) is 2. The van der Waals surface area contributed by atoms with Crippen molar-refractivity contribution >= 4 is 44.9 Å². The van der Waals surface area contributed by atoms with E-state index in [2.05, 4.69) is 10.0 Å². The summed E-state index contributed by atoms with van der Waals surface area (Å²) in [7, 11) is -3.77. The minimum Gasteiger partial charge on any atom is -0.452 e. The summed E-state index contributed by atoms with van der Waals surface area (Å²) in [6, 6.07) is 8.53. The van der Waals surface area contributed by atoms with Crippen molar-refractivity contribution in [1.29, 1.82) is 0 Å². The van der Waals surface area contributed by atoms with Gasteiger partial charge in [0, 0.05) is 25.3 Å². The van der Waals surface area contributed by atoms with Gasteiger partial charge in [-0.05, 0) is 43.2 Å². The Hall–Kier alpha value is -3.06. The second-order valence-corrected chi connectivity index (χ2v) is 9.23. The van der Waals surface area contributed by atoms with E-state index in [1.54, 1.807) is 0 Å². The lowest BCUT2D eigenvalue weighted by Crippen LogP contribution is -2.31. The van der Waals surface area contributed by atoms with Gasteiger partial charge in [-0.1, -0.05) is 11.6 Å². The standard InChI is InChI=1S/C20H20ClN3O8S/c21-17-8-5-14(24(27)28)10-18(17)23-19(25)12-32-20(26)13-3-6-16(7-4-13)33(29,30)22-11-15-2-1-9-31-15/h3-8,10,15,22H,1-2,9,11-12H2,(H,23,25). The molecule has 176 valence electrons. The third kappa shape index (κ3) is 6.71. The fourth-order valence-electron chi connectivity index (χ4n) is 2.98. The number of nitro groups is 1. The van der Waals surface area contributed by atoms with E-state index in [9.17, 15) is 28.1 Å². The lowest BCUT2D eigenvalue weighted by Gasteiger charge is -2.11. The molecule has 3 rings (SSSR count). The van der Waals surface area contributed by atoms with E-state index in [0.717, 1.165) is 18.9 Å². The molecule has 0 bridgehead atoms. The van der Waals surface area contributed by atoms with E-state index in [0.29, 0.717) is 6.61 Å². The van der Waals surface area contributed by atoms with Crippen molar-refractivity contribution in [2.45, 2.75) is 23.8 Å². The molecule has 0 spiro atoms. The number of benzene rings is 2. The number of hydrogen-bond donors (Lipinski definition) is 2. The number of esters is 1. The van der Waals surface area contributed by atoms with Crippen molar-refractivity contribution in [3.05, 3.63) is 63.2 Å². The predicted octanol–water partition coefficient (Wildman–Crippen LogP) is 2.50. The molecule has 1 amide bonds. The molecule has 1 fully saturated rings. The molecular weight excluding hydrogens is 478 g/mol. The zero-order chi connectivity index (χ0) is 24.0. The van der Waals surface area contributed by atoms with Gasteiger partial charge in [0.2, 0.25) is 10.0 Å². The van der Waals surface area contributed by atoms with Crippen LogP contribution in [-0.4, -0.2) is 51.1 Å². The van der Waals surface area contributed by atoms with Gasteiger partial charge in [0.15, 0.2) is 6.61 Å². The normalized spacial score (nSPS) is 15.7. The highest BCUT2D eigenvalue weighted by Crippen LogP contribution is 2.26. The van der Waals surface area contributed by atoms with Crippen LogP contribution in [0.4, 0.5) is 11.4 Å². The molecule has 2 N–H and O–H groups in total. The van der Waals surface area contributed by atoms with Gasteiger partial charge >= 0.3 is 5.97 Å². The molecule has 1 unspecified atom stereocenters. The maximum absolute atomic E-state index is 12.4. The lowest BCUT2D eigenvalue weighted by atomic mass is 10.2. The summed E-state index contributed by atoms with van der Waals surface area (Å²) in [5.41, 5.74) is -0.238. The highest BCUT2D eigenvalue weighted by molar-refractivity contribution is 7.89. The molecule has 2 aromatic rings. The fourth-order valence-corrected chi connectivity index (χ4v) is 4.22. The topological polar surface area (TPSA) is 154 Å². The second kappa shape index (κ2) is 10.7. The summed E-state index contributed by atoms with van der Waals surface area (Å²) < 4.78 is 37.5. The largest absolute Gasteiger partial charge is 0.452 e. The molecule has 1 heterocycles. The number of nitrogens with zero attached hydrogens (tertiary/aromatic N) is 1. The number of nitrogens with one attached hydrogen (secondary N) is 2. The Morgan fingerprint density at radius 3 is 2.58 bits per heavy atom. The summed E-state index contributed by atoms with van der Waals surface area (Å²) in [6.07, 6.45) is 1.52. The number of nitro benzene ring substituents is 1. The Kier molecular flexibility index (Phi) is 7.97. The molecule has 0 aliphatic carbocycles. The Morgan fingerprint density at radius 2 is 1.94 bits per heavy atom. The van der Waals surface area contributed by atoms with E-state index < -0.39 is 33.4 Å². The van der Waals surface area contributed by atoms with Crippen LogP contribution in [0.2, 0.25) is 5.02 Å². The predicted molar refractivity (Wildman–Crippen MR) is 118 cm³/mol. The van der Waals surface area contributed by atoms with Gasteiger partial charge in [-0.15, -0.1) is 0 Å². The highest BCUT2D eigenvalue weighted by Gasteiger charge is 2.21. The Morgan fingerprint density at radius 1 is 1.21 bits per heavy atom. The number of anilines is 1. The van der Waals surface area contributed by atoms with Crippen LogP contribution in [0.25, 0.3) is 0 Å². The average molecular weight is 498 g/mol. The summed E-state index contributed by atoms with van der Waals surface area (Å²) in [4.78, 5) is 34.4. The molecule has 0 aromatic heterocycles. The van der Waals surface area contributed by atoms with Crippen LogP contribution in [-0.2, 0) is 24.3 Å². The van der Waals surface area contributed by atoms with Gasteiger partial charge in [-0.3, -0.25) is 14.9 Å². The highest BCUT2D eigenvalue weighted by atomic mass is 35.5. The number of sulfonamides is 1. The van der Waals surface area contributed by atoms with Crippen molar-refractivity contribution in [3.8, 4) is 0 Å². The van der Waals surface area contributed by atoms with Gasteiger partial charge < -0.3 is 14.8 Å². The molecule has 1 atom stereocenters. The molecule has 11 nitrogen and oxygen atoms in total. The lowest BCUT2D eigenvalue weighted by molar-refractivity contribution is -0.384. The molecule has 33 heavy (non-hydrogen) atoms. The fraction of sp³-hybridized carbons (Fsp3) is 0.300. The van der Waals surface area contributed by atoms with Crippen LogP contribution in [0.1, 0.15) is 23.2 Å². The first-order valence-electron chi connectivity index (χ1n) is 9.78.